The third-order valence-corrected chi connectivity index (χ3v) is 7.17. The molecular weight excluding hydrogens is 473 g/mol. The number of benzene rings is 1. The summed E-state index contributed by atoms with van der Waals surface area (Å²) < 4.78 is 46.0. The van der Waals surface area contributed by atoms with Crippen LogP contribution < -0.4 is 15.0 Å². The number of likely N-dealkylation sites (tertiary alicyclic amines) is 1. The molecule has 2 atom stereocenters. The predicted molar refractivity (Wildman–Crippen MR) is 126 cm³/mol. The van der Waals surface area contributed by atoms with E-state index in [9.17, 15) is 28.0 Å². The highest BCUT2D eigenvalue weighted by atomic mass is 19.4. The molecule has 2 saturated heterocycles. The Balaban J connectivity index is 1.34. The minimum absolute atomic E-state index is 0.0773. The molecule has 2 amide bonds. The van der Waals surface area contributed by atoms with Crippen LogP contribution in [0.2, 0.25) is 0 Å². The van der Waals surface area contributed by atoms with Crippen LogP contribution in [0.5, 0.6) is 5.75 Å². The van der Waals surface area contributed by atoms with Crippen molar-refractivity contribution >= 4 is 17.5 Å². The zero-order valence-electron chi connectivity index (χ0n) is 19.9. The van der Waals surface area contributed by atoms with Crippen LogP contribution in [0.25, 0.3) is 0 Å². The highest BCUT2D eigenvalue weighted by Crippen LogP contribution is 2.39. The third kappa shape index (κ3) is 5.60. The molecule has 10 heteroatoms. The Morgan fingerprint density at radius 3 is 2.50 bits per heavy atom. The van der Waals surface area contributed by atoms with Gasteiger partial charge in [-0.1, -0.05) is 5.92 Å². The van der Waals surface area contributed by atoms with E-state index in [0.29, 0.717) is 45.1 Å². The molecule has 0 radical (unpaired) electrons. The first-order chi connectivity index (χ1) is 17.2. The van der Waals surface area contributed by atoms with Crippen LogP contribution in [0.4, 0.5) is 18.9 Å². The first kappa shape index (κ1) is 25.8. The zero-order valence-corrected chi connectivity index (χ0v) is 19.9. The summed E-state index contributed by atoms with van der Waals surface area (Å²) in [5.74, 6) is 2.47. The normalized spacial score (nSPS) is 26.5. The smallest absolute Gasteiger partial charge is 0.416 e. The topological polar surface area (TPSA) is 85.7 Å². The van der Waals surface area contributed by atoms with Crippen molar-refractivity contribution in [1.82, 2.24) is 10.2 Å². The van der Waals surface area contributed by atoms with Crippen molar-refractivity contribution in [1.29, 1.82) is 5.26 Å². The number of nitriles is 1. The summed E-state index contributed by atoms with van der Waals surface area (Å²) in [7, 11) is 0. The quantitative estimate of drug-likeness (QED) is 0.601. The molecule has 1 N–H and O–H groups in total. The van der Waals surface area contributed by atoms with Crippen LogP contribution in [-0.4, -0.2) is 54.0 Å². The maximum absolute atomic E-state index is 13.3. The van der Waals surface area contributed by atoms with Gasteiger partial charge < -0.3 is 19.9 Å². The average molecular weight is 503 g/mol. The Morgan fingerprint density at radius 1 is 1.17 bits per heavy atom. The number of rotatable bonds is 6. The van der Waals surface area contributed by atoms with Crippen molar-refractivity contribution in [2.24, 2.45) is 0 Å². The summed E-state index contributed by atoms with van der Waals surface area (Å²) in [5.41, 5.74) is -0.648. The average Bonchev–Trinajstić information content (AvgIpc) is 3.48. The van der Waals surface area contributed by atoms with Gasteiger partial charge in [-0.05, 0) is 63.1 Å². The van der Waals surface area contributed by atoms with E-state index in [-0.39, 0.29) is 48.0 Å². The number of hydrogen-bond acceptors (Lipinski definition) is 5. The Hall–Kier alpha value is -3.24. The van der Waals surface area contributed by atoms with Gasteiger partial charge in [0.1, 0.15) is 11.8 Å². The molecule has 1 aromatic carbocycles. The number of anilines is 1. The first-order valence-corrected chi connectivity index (χ1v) is 12.3. The van der Waals surface area contributed by atoms with Gasteiger partial charge in [0, 0.05) is 19.0 Å². The highest BCUT2D eigenvalue weighted by Gasteiger charge is 2.37. The maximum atomic E-state index is 13.3. The van der Waals surface area contributed by atoms with Crippen molar-refractivity contribution in [3.05, 3.63) is 23.8 Å². The van der Waals surface area contributed by atoms with Gasteiger partial charge in [0.15, 0.2) is 0 Å². The van der Waals surface area contributed by atoms with Gasteiger partial charge >= 0.3 is 6.18 Å². The van der Waals surface area contributed by atoms with Crippen LogP contribution in [-0.2, 0) is 15.8 Å². The minimum atomic E-state index is -4.51. The fourth-order valence-corrected chi connectivity index (χ4v) is 5.24. The molecule has 1 saturated carbocycles. The Bertz CT molecular complexity index is 1050. The van der Waals surface area contributed by atoms with E-state index in [1.165, 1.54) is 15.9 Å². The van der Waals surface area contributed by atoms with Gasteiger partial charge in [0.25, 0.3) is 0 Å². The monoisotopic (exact) mass is 502 g/mol. The summed E-state index contributed by atoms with van der Waals surface area (Å²) >= 11 is 0. The second-order valence-electron chi connectivity index (χ2n) is 9.51. The van der Waals surface area contributed by atoms with E-state index in [1.54, 1.807) is 0 Å². The van der Waals surface area contributed by atoms with Crippen LogP contribution in [0.15, 0.2) is 18.2 Å². The molecule has 2 aliphatic heterocycles. The van der Waals surface area contributed by atoms with Crippen molar-refractivity contribution in [2.75, 3.05) is 18.0 Å². The number of nitrogens with one attached hydrogen (secondary N) is 1. The molecule has 192 valence electrons. The summed E-state index contributed by atoms with van der Waals surface area (Å²) in [6.07, 6.45) is 5.64. The standard InChI is InChI=1S/C26H29F3N4O3/c1-2-19-8-9-20(15-30)33(19)25(35)16-31-18-6-10-21(11-7-18)36-23-12-5-17(26(27,28)29)14-22(23)32-13-3-4-24(32)34/h1,5,12,14,18-21,31H,3-4,6-11,13,16H2/t18?,19-,20-,21?/m0/s1. The molecule has 3 fully saturated rings. The molecule has 4 rings (SSSR count). The van der Waals surface area contributed by atoms with Gasteiger partial charge in [0.05, 0.1) is 36.0 Å². The second-order valence-corrected chi connectivity index (χ2v) is 9.51. The van der Waals surface area contributed by atoms with Gasteiger partial charge in [-0.3, -0.25) is 9.59 Å². The van der Waals surface area contributed by atoms with E-state index >= 15 is 0 Å². The number of nitrogens with zero attached hydrogens (tertiary/aromatic N) is 3. The molecule has 0 spiro atoms. The Morgan fingerprint density at radius 2 is 1.89 bits per heavy atom. The number of halogens is 3. The SMILES string of the molecule is C#C[C@H]1CC[C@@H](C#N)N1C(=O)CNC1CCC(Oc2ccc(C(F)(F)F)cc2N2CCCC2=O)CC1. The molecule has 0 aromatic heterocycles. The molecule has 1 aromatic rings. The van der Waals surface area contributed by atoms with E-state index < -0.39 is 17.8 Å². The maximum Gasteiger partial charge on any atom is 0.416 e. The largest absolute Gasteiger partial charge is 0.488 e. The van der Waals surface area contributed by atoms with Gasteiger partial charge in [-0.2, -0.15) is 18.4 Å². The van der Waals surface area contributed by atoms with Gasteiger partial charge in [-0.15, -0.1) is 6.42 Å². The van der Waals surface area contributed by atoms with Crippen molar-refractivity contribution < 1.29 is 27.5 Å². The lowest BCUT2D eigenvalue weighted by Crippen LogP contribution is -2.47. The summed E-state index contributed by atoms with van der Waals surface area (Å²) in [6.45, 7) is 0.456. The molecular formula is C26H29F3N4O3. The summed E-state index contributed by atoms with van der Waals surface area (Å²) in [6, 6.07) is 4.65. The lowest BCUT2D eigenvalue weighted by Gasteiger charge is -2.32. The van der Waals surface area contributed by atoms with Crippen molar-refractivity contribution in [3.63, 3.8) is 0 Å². The number of ether oxygens (including phenoxy) is 1. The molecule has 0 unspecified atom stereocenters. The van der Waals surface area contributed by atoms with E-state index in [4.69, 9.17) is 11.2 Å². The fraction of sp³-hybridized carbons (Fsp3) is 0.577. The zero-order chi connectivity index (χ0) is 25.9. The van der Waals surface area contributed by atoms with E-state index in [1.807, 2.05) is 0 Å². The molecule has 1 aliphatic carbocycles. The van der Waals surface area contributed by atoms with Crippen molar-refractivity contribution in [3.8, 4) is 24.2 Å². The molecule has 0 bridgehead atoms. The fourth-order valence-electron chi connectivity index (χ4n) is 5.24. The molecule has 7 nitrogen and oxygen atoms in total. The van der Waals surface area contributed by atoms with Crippen LogP contribution in [0.3, 0.4) is 0 Å². The second kappa shape index (κ2) is 10.8. The van der Waals surface area contributed by atoms with Crippen LogP contribution >= 0.6 is 0 Å². The van der Waals surface area contributed by atoms with Gasteiger partial charge in [-0.25, -0.2) is 0 Å². The number of carbonyl (C=O) groups excluding carboxylic acids is 2. The molecule has 2 heterocycles. The van der Waals surface area contributed by atoms with Crippen LogP contribution in [0.1, 0.15) is 56.9 Å². The number of alkyl halides is 3. The summed E-state index contributed by atoms with van der Waals surface area (Å²) in [5, 5.41) is 12.6. The number of terminal acetylenes is 1. The predicted octanol–water partition coefficient (Wildman–Crippen LogP) is 3.63. The lowest BCUT2D eigenvalue weighted by molar-refractivity contribution is -0.137. The van der Waals surface area contributed by atoms with Crippen molar-refractivity contribution in [2.45, 2.75) is 81.8 Å². The Kier molecular flexibility index (Phi) is 7.75. The van der Waals surface area contributed by atoms with Crippen LogP contribution in [0, 0.1) is 23.7 Å². The van der Waals surface area contributed by atoms with E-state index in [0.717, 1.165) is 25.0 Å². The highest BCUT2D eigenvalue weighted by molar-refractivity contribution is 5.96. The third-order valence-electron chi connectivity index (χ3n) is 7.17. The molecule has 3 aliphatic rings. The first-order valence-electron chi connectivity index (χ1n) is 12.3. The van der Waals surface area contributed by atoms with Gasteiger partial charge in [0.2, 0.25) is 11.8 Å². The summed E-state index contributed by atoms with van der Waals surface area (Å²) in [4.78, 5) is 27.8. The molecule has 36 heavy (non-hydrogen) atoms. The lowest BCUT2D eigenvalue weighted by atomic mass is 9.93. The minimum Gasteiger partial charge on any atom is -0.488 e. The number of hydrogen-bond donors (Lipinski definition) is 1. The van der Waals surface area contributed by atoms with E-state index in [2.05, 4.69) is 17.3 Å². The Labute approximate surface area is 208 Å². The number of amides is 2. The number of carbonyl (C=O) groups is 2.